The van der Waals surface area contributed by atoms with Gasteiger partial charge >= 0.3 is 0 Å². The Bertz CT molecular complexity index is 606. The number of nitrogens with one attached hydrogen (secondary N) is 1. The summed E-state index contributed by atoms with van der Waals surface area (Å²) < 4.78 is 0. The molecule has 1 N–H and O–H groups in total. The maximum absolute atomic E-state index is 12.6. The molecule has 0 radical (unpaired) electrons. The third-order valence-corrected chi connectivity index (χ3v) is 4.50. The van der Waals surface area contributed by atoms with Crippen LogP contribution >= 0.6 is 0 Å². The summed E-state index contributed by atoms with van der Waals surface area (Å²) in [6.45, 7) is 4.74. The third kappa shape index (κ3) is 2.96. The van der Waals surface area contributed by atoms with Crippen molar-refractivity contribution in [2.45, 2.75) is 13.0 Å². The summed E-state index contributed by atoms with van der Waals surface area (Å²) in [5.74, 6) is -0.899. The van der Waals surface area contributed by atoms with Gasteiger partial charge < -0.3 is 22.2 Å². The topological polar surface area (TPSA) is 62.1 Å². The molecular weight excluding hydrogens is 318 g/mol. The van der Waals surface area contributed by atoms with E-state index in [2.05, 4.69) is 7.05 Å². The fraction of sp³-hybridized carbons (Fsp3) is 0.438. The van der Waals surface area contributed by atoms with Crippen molar-refractivity contribution < 1.29 is 31.7 Å². The van der Waals surface area contributed by atoms with Crippen LogP contribution in [0.1, 0.15) is 27.6 Å². The largest absolute Gasteiger partial charge is 1.00 e. The van der Waals surface area contributed by atoms with Gasteiger partial charge in [-0.3, -0.25) is 19.3 Å². The van der Waals surface area contributed by atoms with Gasteiger partial charge in [-0.15, -0.1) is 0 Å². The van der Waals surface area contributed by atoms with Crippen LogP contribution in [0.5, 0.6) is 0 Å². The molecule has 0 saturated carbocycles. The SMILES string of the molecule is CC(C(=O)N1CC[NH+](C)CC1)N1C(=O)c2ccccc2C1=O.[Cl-]. The van der Waals surface area contributed by atoms with Crippen LogP contribution in [-0.4, -0.2) is 66.8 Å². The van der Waals surface area contributed by atoms with E-state index in [1.807, 2.05) is 0 Å². The third-order valence-electron chi connectivity index (χ3n) is 4.50. The molecule has 3 rings (SSSR count). The first-order valence-electron chi connectivity index (χ1n) is 7.57. The number of halogens is 1. The summed E-state index contributed by atoms with van der Waals surface area (Å²) in [5, 5.41) is 0. The van der Waals surface area contributed by atoms with Crippen molar-refractivity contribution in [1.29, 1.82) is 0 Å². The fourth-order valence-electron chi connectivity index (χ4n) is 3.04. The van der Waals surface area contributed by atoms with Crippen molar-refractivity contribution in [3.63, 3.8) is 0 Å². The predicted molar refractivity (Wildman–Crippen MR) is 79.6 cm³/mol. The number of quaternary nitrogens is 1. The normalized spacial score (nSPS) is 19.4. The Morgan fingerprint density at radius 1 is 1.09 bits per heavy atom. The van der Waals surface area contributed by atoms with Crippen LogP contribution in [0.15, 0.2) is 24.3 Å². The maximum atomic E-state index is 12.6. The molecule has 124 valence electrons. The van der Waals surface area contributed by atoms with Gasteiger partial charge in [-0.1, -0.05) is 12.1 Å². The zero-order chi connectivity index (χ0) is 15.9. The van der Waals surface area contributed by atoms with Gasteiger partial charge in [0.25, 0.3) is 11.8 Å². The molecule has 2 aliphatic heterocycles. The highest BCUT2D eigenvalue weighted by atomic mass is 35.5. The average molecular weight is 338 g/mol. The summed E-state index contributed by atoms with van der Waals surface area (Å²) >= 11 is 0. The van der Waals surface area contributed by atoms with Gasteiger partial charge in [0.05, 0.1) is 44.4 Å². The molecule has 0 aliphatic carbocycles. The maximum Gasteiger partial charge on any atom is 0.262 e. The van der Waals surface area contributed by atoms with Crippen molar-refractivity contribution in [2.75, 3.05) is 33.2 Å². The molecule has 1 unspecified atom stereocenters. The Hall–Kier alpha value is -1.92. The van der Waals surface area contributed by atoms with Crippen LogP contribution in [0.25, 0.3) is 0 Å². The van der Waals surface area contributed by atoms with E-state index in [4.69, 9.17) is 0 Å². The number of hydrogen-bond acceptors (Lipinski definition) is 3. The second-order valence-electron chi connectivity index (χ2n) is 5.98. The Morgan fingerprint density at radius 3 is 2.04 bits per heavy atom. The van der Waals surface area contributed by atoms with Gasteiger partial charge in [-0.05, 0) is 19.1 Å². The minimum atomic E-state index is -0.759. The summed E-state index contributed by atoms with van der Waals surface area (Å²) in [5.41, 5.74) is 0.768. The lowest BCUT2D eigenvalue weighted by atomic mass is 10.1. The molecule has 0 spiro atoms. The van der Waals surface area contributed by atoms with Gasteiger partial charge in [-0.25, -0.2) is 0 Å². The fourth-order valence-corrected chi connectivity index (χ4v) is 3.04. The molecule has 2 heterocycles. The van der Waals surface area contributed by atoms with E-state index in [0.717, 1.165) is 18.0 Å². The number of carbonyl (C=O) groups excluding carboxylic acids is 3. The molecule has 0 bridgehead atoms. The number of nitrogens with zero attached hydrogens (tertiary/aromatic N) is 2. The molecule has 0 aromatic heterocycles. The van der Waals surface area contributed by atoms with Crippen LogP contribution in [0, 0.1) is 0 Å². The number of imide groups is 1. The molecule has 1 fully saturated rings. The van der Waals surface area contributed by atoms with Crippen molar-refractivity contribution in [3.05, 3.63) is 35.4 Å². The lowest BCUT2D eigenvalue weighted by Gasteiger charge is -2.33. The monoisotopic (exact) mass is 337 g/mol. The highest BCUT2D eigenvalue weighted by molar-refractivity contribution is 6.22. The Balaban J connectivity index is 0.00000192. The first-order valence-corrected chi connectivity index (χ1v) is 7.57. The Labute approximate surface area is 141 Å². The van der Waals surface area contributed by atoms with Gasteiger partial charge in [0, 0.05) is 0 Å². The van der Waals surface area contributed by atoms with Crippen LogP contribution in [0.4, 0.5) is 0 Å². The van der Waals surface area contributed by atoms with Gasteiger partial charge in [0.2, 0.25) is 5.91 Å². The number of likely N-dealkylation sites (N-methyl/N-ethyl adjacent to an activating group) is 1. The summed E-state index contributed by atoms with van der Waals surface area (Å²) in [4.78, 5) is 41.7. The Kier molecular flexibility index (Phi) is 5.06. The van der Waals surface area contributed by atoms with E-state index in [-0.39, 0.29) is 30.1 Å². The van der Waals surface area contributed by atoms with Gasteiger partial charge in [0.15, 0.2) is 0 Å². The second-order valence-corrected chi connectivity index (χ2v) is 5.98. The first-order chi connectivity index (χ1) is 10.5. The second kappa shape index (κ2) is 6.68. The summed E-state index contributed by atoms with van der Waals surface area (Å²) in [7, 11) is 2.09. The molecule has 1 aromatic rings. The van der Waals surface area contributed by atoms with Crippen molar-refractivity contribution in [1.82, 2.24) is 9.80 Å². The summed E-state index contributed by atoms with van der Waals surface area (Å²) in [6.07, 6.45) is 0. The van der Waals surface area contributed by atoms with E-state index in [1.165, 1.54) is 4.90 Å². The number of piperazine rings is 1. The van der Waals surface area contributed by atoms with E-state index in [1.54, 1.807) is 36.1 Å². The van der Waals surface area contributed by atoms with E-state index in [9.17, 15) is 14.4 Å². The molecule has 3 amide bonds. The predicted octanol–water partition coefficient (Wildman–Crippen LogP) is -3.97. The lowest BCUT2D eigenvalue weighted by Crippen LogP contribution is -3.12. The minimum Gasteiger partial charge on any atom is -1.00 e. The average Bonchev–Trinajstić information content (AvgIpc) is 2.79. The van der Waals surface area contributed by atoms with Crippen LogP contribution in [-0.2, 0) is 4.79 Å². The zero-order valence-electron chi connectivity index (χ0n) is 13.2. The number of fused-ring (bicyclic) bond motifs is 1. The van der Waals surface area contributed by atoms with Crippen LogP contribution < -0.4 is 17.3 Å². The number of benzene rings is 1. The van der Waals surface area contributed by atoms with Gasteiger partial charge in [-0.2, -0.15) is 0 Å². The standard InChI is InChI=1S/C16H19N3O3.ClH/c1-11(14(20)18-9-7-17(2)8-10-18)19-15(21)12-5-3-4-6-13(12)16(19)22;/h3-6,11H,7-10H2,1-2H3;1H. The van der Waals surface area contributed by atoms with Crippen LogP contribution in [0.3, 0.4) is 0 Å². The van der Waals surface area contributed by atoms with E-state index < -0.39 is 6.04 Å². The van der Waals surface area contributed by atoms with Crippen molar-refractivity contribution >= 4 is 17.7 Å². The molecule has 6 nitrogen and oxygen atoms in total. The zero-order valence-corrected chi connectivity index (χ0v) is 14.0. The van der Waals surface area contributed by atoms with Crippen molar-refractivity contribution in [3.8, 4) is 0 Å². The van der Waals surface area contributed by atoms with E-state index in [0.29, 0.717) is 24.2 Å². The number of amides is 3. The van der Waals surface area contributed by atoms with Crippen molar-refractivity contribution in [2.24, 2.45) is 0 Å². The molecular formula is C16H20ClN3O3. The molecule has 1 atom stereocenters. The molecule has 1 saturated heterocycles. The molecule has 23 heavy (non-hydrogen) atoms. The first kappa shape index (κ1) is 17.4. The molecule has 1 aromatic carbocycles. The van der Waals surface area contributed by atoms with Gasteiger partial charge in [0.1, 0.15) is 6.04 Å². The number of rotatable bonds is 2. The molecule has 7 heteroatoms. The van der Waals surface area contributed by atoms with Crippen LogP contribution in [0.2, 0.25) is 0 Å². The Morgan fingerprint density at radius 2 is 1.57 bits per heavy atom. The number of carbonyl (C=O) groups is 3. The summed E-state index contributed by atoms with van der Waals surface area (Å²) in [6, 6.07) is 5.95. The van der Waals surface area contributed by atoms with E-state index >= 15 is 0 Å². The number of hydrogen-bond donors (Lipinski definition) is 1. The lowest BCUT2D eigenvalue weighted by molar-refractivity contribution is -0.883. The quantitative estimate of drug-likeness (QED) is 0.560. The highest BCUT2D eigenvalue weighted by Crippen LogP contribution is 2.25. The highest BCUT2D eigenvalue weighted by Gasteiger charge is 2.42. The minimum absolute atomic E-state index is 0. The smallest absolute Gasteiger partial charge is 0.262 e. The molecule has 2 aliphatic rings.